The van der Waals surface area contributed by atoms with Gasteiger partial charge in [0.15, 0.2) is 0 Å². The Labute approximate surface area is 132 Å². The molecule has 114 valence electrons. The molecule has 0 fully saturated rings. The number of benzene rings is 2. The van der Waals surface area contributed by atoms with Crippen molar-refractivity contribution in [2.45, 2.75) is 50.7 Å². The fourth-order valence-corrected chi connectivity index (χ4v) is 3.75. The maximum Gasteiger partial charge on any atom is 0.118 e. The van der Waals surface area contributed by atoms with E-state index >= 15 is 0 Å². The van der Waals surface area contributed by atoms with E-state index < -0.39 is 0 Å². The Balaban J connectivity index is 1.48. The van der Waals surface area contributed by atoms with Crippen LogP contribution in [0, 0.1) is 0 Å². The fourth-order valence-electron chi connectivity index (χ4n) is 3.75. The van der Waals surface area contributed by atoms with Gasteiger partial charge in [0.05, 0.1) is 0 Å². The van der Waals surface area contributed by atoms with E-state index in [-0.39, 0.29) is 12.2 Å². The SMILES string of the molecule is c1ccc2c(c1)CCCC2OOC1CCCc2ccccc21. The summed E-state index contributed by atoms with van der Waals surface area (Å²) in [7, 11) is 0. The molecule has 0 saturated carbocycles. The number of fused-ring (bicyclic) bond motifs is 2. The third-order valence-electron chi connectivity index (χ3n) is 4.92. The fraction of sp³-hybridized carbons (Fsp3) is 0.400. The molecule has 2 aromatic rings. The molecule has 2 aromatic carbocycles. The van der Waals surface area contributed by atoms with E-state index in [0.29, 0.717) is 0 Å². The molecule has 2 aliphatic rings. The number of rotatable bonds is 3. The molecule has 0 radical (unpaired) electrons. The van der Waals surface area contributed by atoms with Crippen molar-refractivity contribution in [1.29, 1.82) is 0 Å². The molecule has 0 saturated heterocycles. The minimum Gasteiger partial charge on any atom is -0.228 e. The minimum atomic E-state index is 0.0824. The van der Waals surface area contributed by atoms with Crippen molar-refractivity contribution in [2.24, 2.45) is 0 Å². The lowest BCUT2D eigenvalue weighted by Crippen LogP contribution is -2.17. The zero-order valence-corrected chi connectivity index (χ0v) is 12.8. The lowest BCUT2D eigenvalue weighted by molar-refractivity contribution is -0.360. The third-order valence-corrected chi connectivity index (χ3v) is 4.92. The van der Waals surface area contributed by atoms with Crippen LogP contribution in [0.4, 0.5) is 0 Å². The molecular weight excluding hydrogens is 272 g/mol. The van der Waals surface area contributed by atoms with Crippen LogP contribution in [-0.4, -0.2) is 0 Å². The van der Waals surface area contributed by atoms with E-state index in [1.54, 1.807) is 0 Å². The van der Waals surface area contributed by atoms with E-state index in [2.05, 4.69) is 48.5 Å². The topological polar surface area (TPSA) is 18.5 Å². The van der Waals surface area contributed by atoms with Gasteiger partial charge < -0.3 is 0 Å². The first-order chi connectivity index (χ1) is 10.9. The highest BCUT2D eigenvalue weighted by Crippen LogP contribution is 2.37. The van der Waals surface area contributed by atoms with E-state index in [4.69, 9.17) is 9.78 Å². The van der Waals surface area contributed by atoms with Gasteiger partial charge in [-0.15, -0.1) is 0 Å². The standard InChI is InChI=1S/C20H22O2/c1-3-11-17-15(7-1)9-5-13-19(17)21-22-20-14-6-10-16-8-2-4-12-18(16)20/h1-4,7-8,11-12,19-20H,5-6,9-10,13-14H2. The van der Waals surface area contributed by atoms with Gasteiger partial charge in [-0.25, -0.2) is 9.78 Å². The van der Waals surface area contributed by atoms with Gasteiger partial charge in [0.25, 0.3) is 0 Å². The van der Waals surface area contributed by atoms with E-state index in [1.165, 1.54) is 35.1 Å². The molecule has 2 unspecified atom stereocenters. The molecule has 22 heavy (non-hydrogen) atoms. The van der Waals surface area contributed by atoms with E-state index in [9.17, 15) is 0 Å². The molecule has 4 rings (SSSR count). The lowest BCUT2D eigenvalue weighted by Gasteiger charge is -2.29. The van der Waals surface area contributed by atoms with E-state index in [0.717, 1.165) is 25.7 Å². The number of hydrogen-bond donors (Lipinski definition) is 0. The molecule has 2 heteroatoms. The van der Waals surface area contributed by atoms with Crippen molar-refractivity contribution < 1.29 is 9.78 Å². The summed E-state index contributed by atoms with van der Waals surface area (Å²) in [4.78, 5) is 11.8. The summed E-state index contributed by atoms with van der Waals surface area (Å²) >= 11 is 0. The van der Waals surface area contributed by atoms with Gasteiger partial charge in [-0.2, -0.15) is 0 Å². The second-order valence-corrected chi connectivity index (χ2v) is 6.35. The van der Waals surface area contributed by atoms with Gasteiger partial charge in [0, 0.05) is 0 Å². The zero-order chi connectivity index (χ0) is 14.8. The van der Waals surface area contributed by atoms with Crippen LogP contribution in [-0.2, 0) is 22.6 Å². The molecule has 0 aliphatic heterocycles. The highest BCUT2D eigenvalue weighted by Gasteiger charge is 2.25. The summed E-state index contributed by atoms with van der Waals surface area (Å²) in [5.41, 5.74) is 5.42. The van der Waals surface area contributed by atoms with Crippen LogP contribution in [0.2, 0.25) is 0 Å². The summed E-state index contributed by atoms with van der Waals surface area (Å²) < 4.78 is 0. The molecule has 0 aromatic heterocycles. The summed E-state index contributed by atoms with van der Waals surface area (Å²) in [5, 5.41) is 0. The highest BCUT2D eigenvalue weighted by atomic mass is 17.2. The quantitative estimate of drug-likeness (QED) is 0.580. The molecule has 2 aliphatic carbocycles. The Bertz CT molecular complexity index is 592. The Kier molecular flexibility index (Phi) is 3.96. The van der Waals surface area contributed by atoms with Gasteiger partial charge in [-0.05, 0) is 60.8 Å². The Morgan fingerprint density at radius 1 is 0.636 bits per heavy atom. The van der Waals surface area contributed by atoms with Gasteiger partial charge >= 0.3 is 0 Å². The van der Waals surface area contributed by atoms with Crippen LogP contribution >= 0.6 is 0 Å². The van der Waals surface area contributed by atoms with Crippen LogP contribution < -0.4 is 0 Å². The first kappa shape index (κ1) is 14.0. The van der Waals surface area contributed by atoms with Gasteiger partial charge in [0.1, 0.15) is 12.2 Å². The Morgan fingerprint density at radius 2 is 1.09 bits per heavy atom. The van der Waals surface area contributed by atoms with E-state index in [1.807, 2.05) is 0 Å². The number of hydrogen-bond acceptors (Lipinski definition) is 2. The normalized spacial score (nSPS) is 23.6. The molecule has 0 heterocycles. The Hall–Kier alpha value is -1.64. The third kappa shape index (κ3) is 2.69. The largest absolute Gasteiger partial charge is 0.228 e. The summed E-state index contributed by atoms with van der Waals surface area (Å²) in [6.07, 6.45) is 6.91. The second-order valence-electron chi connectivity index (χ2n) is 6.35. The average Bonchev–Trinajstić information content (AvgIpc) is 2.60. The lowest BCUT2D eigenvalue weighted by atomic mass is 9.89. The molecular formula is C20H22O2. The molecule has 2 nitrogen and oxygen atoms in total. The van der Waals surface area contributed by atoms with Gasteiger partial charge in [0.2, 0.25) is 0 Å². The second kappa shape index (κ2) is 6.23. The molecule has 0 bridgehead atoms. The van der Waals surface area contributed by atoms with Crippen LogP contribution in [0.3, 0.4) is 0 Å². The molecule has 0 N–H and O–H groups in total. The van der Waals surface area contributed by atoms with Gasteiger partial charge in [-0.1, -0.05) is 48.5 Å². The van der Waals surface area contributed by atoms with Crippen molar-refractivity contribution in [3.63, 3.8) is 0 Å². The van der Waals surface area contributed by atoms with Crippen molar-refractivity contribution in [2.75, 3.05) is 0 Å². The monoisotopic (exact) mass is 294 g/mol. The smallest absolute Gasteiger partial charge is 0.118 e. The van der Waals surface area contributed by atoms with Crippen LogP contribution in [0.15, 0.2) is 48.5 Å². The summed E-state index contributed by atoms with van der Waals surface area (Å²) in [6, 6.07) is 17.2. The van der Waals surface area contributed by atoms with Crippen molar-refractivity contribution in [3.8, 4) is 0 Å². The number of aryl methyl sites for hydroxylation is 2. The van der Waals surface area contributed by atoms with Crippen LogP contribution in [0.5, 0.6) is 0 Å². The first-order valence-corrected chi connectivity index (χ1v) is 8.39. The summed E-state index contributed by atoms with van der Waals surface area (Å²) in [5.74, 6) is 0. The van der Waals surface area contributed by atoms with Crippen molar-refractivity contribution in [1.82, 2.24) is 0 Å². The molecule has 0 spiro atoms. The van der Waals surface area contributed by atoms with Crippen molar-refractivity contribution in [3.05, 3.63) is 70.8 Å². The zero-order valence-electron chi connectivity index (χ0n) is 12.8. The predicted octanol–water partition coefficient (Wildman–Crippen LogP) is 5.09. The predicted molar refractivity (Wildman–Crippen MR) is 86.4 cm³/mol. The Morgan fingerprint density at radius 3 is 1.59 bits per heavy atom. The molecule has 0 amide bonds. The molecule has 2 atom stereocenters. The summed E-state index contributed by atoms with van der Waals surface area (Å²) in [6.45, 7) is 0. The van der Waals surface area contributed by atoms with Crippen molar-refractivity contribution >= 4 is 0 Å². The maximum absolute atomic E-state index is 5.91. The average molecular weight is 294 g/mol. The maximum atomic E-state index is 5.91. The minimum absolute atomic E-state index is 0.0824. The first-order valence-electron chi connectivity index (χ1n) is 8.39. The highest BCUT2D eigenvalue weighted by molar-refractivity contribution is 5.32. The van der Waals surface area contributed by atoms with Gasteiger partial charge in [-0.3, -0.25) is 0 Å². The van der Waals surface area contributed by atoms with Crippen LogP contribution in [0.25, 0.3) is 0 Å². The van der Waals surface area contributed by atoms with Crippen LogP contribution in [0.1, 0.15) is 60.1 Å².